The number of carboxylic acid groups (broad SMARTS) is 1. The first-order valence-corrected chi connectivity index (χ1v) is 12.5. The Morgan fingerprint density at radius 2 is 1.92 bits per heavy atom. The maximum Gasteiger partial charge on any atom is 1.00 e. The van der Waals surface area contributed by atoms with E-state index in [2.05, 4.69) is 12.1 Å². The zero-order valence-corrected chi connectivity index (χ0v) is 24.3. The number of hydrogen-bond donors (Lipinski definition) is 0. The number of nitrogens with zero attached hydrogens (tertiary/aromatic N) is 2. The molecule has 2 aromatic carbocycles. The van der Waals surface area contributed by atoms with Gasteiger partial charge in [-0.2, -0.15) is 0 Å². The van der Waals surface area contributed by atoms with Crippen LogP contribution in [-0.2, 0) is 4.79 Å². The molecular formula is C28H27N2NaO4S. The minimum Gasteiger partial charge on any atom is -0.545 e. The number of amides is 1. The van der Waals surface area contributed by atoms with Crippen LogP contribution in [0.2, 0.25) is 0 Å². The van der Waals surface area contributed by atoms with Crippen LogP contribution in [0.4, 0.5) is 0 Å². The second-order valence-electron chi connectivity index (χ2n) is 9.91. The van der Waals surface area contributed by atoms with Crippen LogP contribution < -0.4 is 39.4 Å². The molecule has 1 amide bonds. The Morgan fingerprint density at radius 3 is 2.58 bits per heavy atom. The van der Waals surface area contributed by atoms with Crippen LogP contribution in [0, 0.1) is 13.8 Å². The minimum absolute atomic E-state index is 0. The van der Waals surface area contributed by atoms with Gasteiger partial charge in [0.1, 0.15) is 11.9 Å². The summed E-state index contributed by atoms with van der Waals surface area (Å²) in [6, 6.07) is 13.3. The number of benzene rings is 2. The van der Waals surface area contributed by atoms with Gasteiger partial charge in [-0.05, 0) is 62.4 Å². The van der Waals surface area contributed by atoms with E-state index in [1.807, 2.05) is 45.9 Å². The molecular weight excluding hydrogens is 483 g/mol. The zero-order chi connectivity index (χ0) is 25.1. The SMILES string of the molecule is Cc1c(-c2cc(C(=O)[O-])c3c(OC4CC(=O)N(C)C(C)(C)C4)ccc(C)c3n2)sc2ccccc12.[Na+]. The maximum atomic E-state index is 12.5. The predicted octanol–water partition coefficient (Wildman–Crippen LogP) is 1.88. The molecule has 8 heteroatoms. The number of fused-ring (bicyclic) bond motifs is 2. The summed E-state index contributed by atoms with van der Waals surface area (Å²) < 4.78 is 7.44. The monoisotopic (exact) mass is 510 g/mol. The fourth-order valence-electron chi connectivity index (χ4n) is 4.94. The number of ether oxygens (including phenoxy) is 1. The average Bonchev–Trinajstić information content (AvgIpc) is 3.15. The Kier molecular flexibility index (Phi) is 7.23. The van der Waals surface area contributed by atoms with E-state index < -0.39 is 5.97 Å². The molecule has 0 aliphatic carbocycles. The Hall–Kier alpha value is -2.45. The van der Waals surface area contributed by atoms with Crippen LogP contribution in [0.25, 0.3) is 31.6 Å². The van der Waals surface area contributed by atoms with Crippen LogP contribution in [-0.4, -0.2) is 40.5 Å². The topological polar surface area (TPSA) is 82.6 Å². The van der Waals surface area contributed by atoms with Crippen molar-refractivity contribution in [2.45, 2.75) is 52.2 Å². The van der Waals surface area contributed by atoms with Crippen molar-refractivity contribution in [3.8, 4) is 16.3 Å². The largest absolute Gasteiger partial charge is 1.00 e. The number of carboxylic acids is 1. The van der Waals surface area contributed by atoms with E-state index in [0.717, 1.165) is 26.1 Å². The molecule has 0 N–H and O–H groups in total. The summed E-state index contributed by atoms with van der Waals surface area (Å²) in [4.78, 5) is 32.5. The molecule has 2 aromatic heterocycles. The molecule has 1 fully saturated rings. The minimum atomic E-state index is -1.28. The molecule has 1 aliphatic heterocycles. The van der Waals surface area contributed by atoms with Crippen molar-refractivity contribution in [2.75, 3.05) is 7.05 Å². The first-order chi connectivity index (χ1) is 16.6. The quantitative estimate of drug-likeness (QED) is 0.392. The Morgan fingerprint density at radius 1 is 1.19 bits per heavy atom. The first-order valence-electron chi connectivity index (χ1n) is 11.6. The molecule has 0 bridgehead atoms. The van der Waals surface area contributed by atoms with E-state index in [1.165, 1.54) is 0 Å². The first kappa shape index (κ1) is 26.6. The van der Waals surface area contributed by atoms with E-state index in [1.54, 1.807) is 35.4 Å². The van der Waals surface area contributed by atoms with Gasteiger partial charge in [-0.1, -0.05) is 24.3 Å². The van der Waals surface area contributed by atoms with Crippen molar-refractivity contribution in [3.63, 3.8) is 0 Å². The van der Waals surface area contributed by atoms with Gasteiger partial charge in [0.05, 0.1) is 33.9 Å². The van der Waals surface area contributed by atoms with Gasteiger partial charge < -0.3 is 19.5 Å². The van der Waals surface area contributed by atoms with Gasteiger partial charge in [-0.25, -0.2) is 4.98 Å². The smallest absolute Gasteiger partial charge is 0.545 e. The van der Waals surface area contributed by atoms with Crippen molar-refractivity contribution < 1.29 is 49.0 Å². The molecule has 0 spiro atoms. The van der Waals surface area contributed by atoms with Crippen molar-refractivity contribution >= 4 is 44.2 Å². The number of aromatic nitrogens is 1. The molecule has 3 heterocycles. The Balaban J connectivity index is 0.00000304. The van der Waals surface area contributed by atoms with Gasteiger partial charge in [0, 0.05) is 29.3 Å². The summed E-state index contributed by atoms with van der Waals surface area (Å²) in [6.07, 6.45) is 0.513. The normalized spacial score (nSPS) is 17.3. The molecule has 0 radical (unpaired) electrons. The van der Waals surface area contributed by atoms with E-state index in [0.29, 0.717) is 28.8 Å². The van der Waals surface area contributed by atoms with E-state index in [4.69, 9.17) is 9.72 Å². The van der Waals surface area contributed by atoms with Gasteiger partial charge in [-0.3, -0.25) is 4.79 Å². The number of aromatic carboxylic acids is 1. The van der Waals surface area contributed by atoms with Crippen LogP contribution in [0.1, 0.15) is 48.2 Å². The third-order valence-electron chi connectivity index (χ3n) is 7.13. The standard InChI is InChI=1S/C28H28N2O4S.Na/c1-15-10-11-21(34-17-12-23(31)30(5)28(3,4)14-17)24-19(27(32)33)13-20(29-25(15)24)26-16(2)18-8-6-7-9-22(18)35-26;/h6-11,13,17H,12,14H2,1-5H3,(H,32,33);/q;+1/p-1. The average molecular weight is 511 g/mol. The molecule has 1 atom stereocenters. The van der Waals surface area contributed by atoms with Crippen LogP contribution >= 0.6 is 11.3 Å². The van der Waals surface area contributed by atoms with Crippen LogP contribution in [0.15, 0.2) is 42.5 Å². The fourth-order valence-corrected chi connectivity index (χ4v) is 6.11. The van der Waals surface area contributed by atoms with E-state index in [9.17, 15) is 14.7 Å². The summed E-state index contributed by atoms with van der Waals surface area (Å²) in [5.74, 6) is -0.869. The van der Waals surface area contributed by atoms with E-state index >= 15 is 0 Å². The molecule has 0 saturated carbocycles. The molecule has 4 aromatic rings. The third kappa shape index (κ3) is 4.54. The van der Waals surface area contributed by atoms with Gasteiger partial charge in [0.15, 0.2) is 0 Å². The van der Waals surface area contributed by atoms with Gasteiger partial charge in [-0.15, -0.1) is 11.3 Å². The summed E-state index contributed by atoms with van der Waals surface area (Å²) >= 11 is 1.60. The van der Waals surface area contributed by atoms with Gasteiger partial charge in [0.2, 0.25) is 5.91 Å². The molecule has 36 heavy (non-hydrogen) atoms. The summed E-state index contributed by atoms with van der Waals surface area (Å²) in [5.41, 5.74) is 2.76. The Labute approximate surface area is 236 Å². The maximum absolute atomic E-state index is 12.5. The number of piperidine rings is 1. The predicted molar refractivity (Wildman–Crippen MR) is 137 cm³/mol. The number of likely N-dealkylation sites (tertiary alicyclic amines) is 1. The van der Waals surface area contributed by atoms with Gasteiger partial charge >= 0.3 is 29.6 Å². The van der Waals surface area contributed by atoms with Crippen molar-refractivity contribution in [1.82, 2.24) is 9.88 Å². The summed E-state index contributed by atoms with van der Waals surface area (Å²) in [5, 5.41) is 13.9. The Bertz CT molecular complexity index is 1510. The molecule has 1 unspecified atom stereocenters. The molecule has 5 rings (SSSR count). The number of hydrogen-bond acceptors (Lipinski definition) is 6. The second-order valence-corrected chi connectivity index (χ2v) is 11.0. The molecule has 1 aliphatic rings. The summed E-state index contributed by atoms with van der Waals surface area (Å²) in [6.45, 7) is 7.94. The van der Waals surface area contributed by atoms with Crippen molar-refractivity contribution in [3.05, 3.63) is 59.2 Å². The second kappa shape index (κ2) is 9.78. The van der Waals surface area contributed by atoms with Crippen molar-refractivity contribution in [2.24, 2.45) is 0 Å². The van der Waals surface area contributed by atoms with Gasteiger partial charge in [0.25, 0.3) is 0 Å². The molecule has 1 saturated heterocycles. The number of rotatable bonds is 4. The van der Waals surface area contributed by atoms with E-state index in [-0.39, 0.29) is 59.1 Å². The van der Waals surface area contributed by atoms with Crippen LogP contribution in [0.3, 0.4) is 0 Å². The number of pyridine rings is 1. The number of carbonyl (C=O) groups excluding carboxylic acids is 2. The number of carbonyl (C=O) groups is 2. The van der Waals surface area contributed by atoms with Crippen molar-refractivity contribution in [1.29, 1.82) is 0 Å². The summed E-state index contributed by atoms with van der Waals surface area (Å²) in [7, 11) is 1.80. The third-order valence-corrected chi connectivity index (χ3v) is 8.42. The van der Waals surface area contributed by atoms with Crippen LogP contribution in [0.5, 0.6) is 5.75 Å². The molecule has 6 nitrogen and oxygen atoms in total. The molecule has 180 valence electrons. The fraction of sp³-hybridized carbons (Fsp3) is 0.321. The number of thiophene rings is 1. The number of aryl methyl sites for hydroxylation is 2. The zero-order valence-electron chi connectivity index (χ0n) is 21.5.